The summed E-state index contributed by atoms with van der Waals surface area (Å²) in [6.45, 7) is 9.89. The van der Waals surface area contributed by atoms with E-state index >= 15 is 0 Å². The number of aromatic nitrogens is 3. The Morgan fingerprint density at radius 3 is 2.68 bits per heavy atom. The molecule has 2 rings (SSSR count). The number of benzene rings is 1. The molecule has 7 nitrogen and oxygen atoms in total. The second-order valence-electron chi connectivity index (χ2n) is 6.81. The number of anilines is 1. The SMILES string of the molecule is CC(C)Oc1ccc(/C=N/Nc2nc(=O)[nH]nc2C(C)(C)C)cc1Br. The van der Waals surface area contributed by atoms with Gasteiger partial charge in [-0.3, -0.25) is 5.43 Å². The largest absolute Gasteiger partial charge is 0.490 e. The third kappa shape index (κ3) is 5.38. The normalized spacial score (nSPS) is 12.0. The van der Waals surface area contributed by atoms with Crippen molar-refractivity contribution in [3.8, 4) is 5.75 Å². The fraction of sp³-hybridized carbons (Fsp3) is 0.412. The first-order chi connectivity index (χ1) is 11.7. The molecule has 0 amide bonds. The van der Waals surface area contributed by atoms with Gasteiger partial charge < -0.3 is 4.74 Å². The molecule has 1 heterocycles. The fourth-order valence-electron chi connectivity index (χ4n) is 2.05. The van der Waals surface area contributed by atoms with Crippen molar-refractivity contribution in [3.05, 3.63) is 44.4 Å². The summed E-state index contributed by atoms with van der Waals surface area (Å²) >= 11 is 3.48. The molecule has 0 saturated heterocycles. The van der Waals surface area contributed by atoms with E-state index in [0.717, 1.165) is 15.8 Å². The van der Waals surface area contributed by atoms with Gasteiger partial charge in [-0.1, -0.05) is 20.8 Å². The number of hydrazone groups is 1. The van der Waals surface area contributed by atoms with Crippen molar-refractivity contribution in [2.45, 2.75) is 46.1 Å². The van der Waals surface area contributed by atoms with Crippen LogP contribution in [0.2, 0.25) is 0 Å². The third-order valence-corrected chi connectivity index (χ3v) is 3.73. The molecule has 0 radical (unpaired) electrons. The van der Waals surface area contributed by atoms with Gasteiger partial charge >= 0.3 is 5.69 Å². The molecule has 25 heavy (non-hydrogen) atoms. The number of H-pyrrole nitrogens is 1. The Kier molecular flexibility index (Phi) is 5.94. The summed E-state index contributed by atoms with van der Waals surface area (Å²) in [5, 5.41) is 10.6. The van der Waals surface area contributed by atoms with Crippen LogP contribution in [0, 0.1) is 0 Å². The van der Waals surface area contributed by atoms with Crippen molar-refractivity contribution in [2.75, 3.05) is 5.43 Å². The number of nitrogens with zero attached hydrogens (tertiary/aromatic N) is 3. The molecule has 0 saturated carbocycles. The molecule has 0 aliphatic heterocycles. The molecule has 0 bridgehead atoms. The van der Waals surface area contributed by atoms with E-state index in [4.69, 9.17) is 4.74 Å². The van der Waals surface area contributed by atoms with E-state index in [0.29, 0.717) is 11.5 Å². The Bertz CT molecular complexity index is 825. The zero-order valence-corrected chi connectivity index (χ0v) is 16.5. The Balaban J connectivity index is 2.18. The number of rotatable bonds is 5. The van der Waals surface area contributed by atoms with Crippen LogP contribution in [0.25, 0.3) is 0 Å². The monoisotopic (exact) mass is 407 g/mol. The topological polar surface area (TPSA) is 92.3 Å². The molecule has 0 aliphatic carbocycles. The molecular formula is C17H22BrN5O2. The van der Waals surface area contributed by atoms with E-state index in [9.17, 15) is 4.79 Å². The summed E-state index contributed by atoms with van der Waals surface area (Å²) in [6.07, 6.45) is 1.74. The van der Waals surface area contributed by atoms with Gasteiger partial charge in [0.2, 0.25) is 0 Å². The highest BCUT2D eigenvalue weighted by molar-refractivity contribution is 9.10. The first-order valence-corrected chi connectivity index (χ1v) is 8.68. The van der Waals surface area contributed by atoms with Crippen LogP contribution in [-0.4, -0.2) is 27.5 Å². The maximum Gasteiger partial charge on any atom is 0.363 e. The third-order valence-electron chi connectivity index (χ3n) is 3.11. The molecule has 1 aromatic heterocycles. The van der Waals surface area contributed by atoms with Gasteiger partial charge in [0.1, 0.15) is 11.4 Å². The lowest BCUT2D eigenvalue weighted by atomic mass is 9.92. The molecule has 0 aliphatic rings. The number of ether oxygens (including phenoxy) is 1. The van der Waals surface area contributed by atoms with E-state index in [1.165, 1.54) is 0 Å². The zero-order chi connectivity index (χ0) is 18.6. The van der Waals surface area contributed by atoms with E-state index in [-0.39, 0.29) is 11.5 Å². The summed E-state index contributed by atoms with van der Waals surface area (Å²) in [5.41, 5.74) is 3.49. The van der Waals surface area contributed by atoms with Gasteiger partial charge in [-0.05, 0) is 53.5 Å². The predicted octanol–water partition coefficient (Wildman–Crippen LogP) is 3.46. The number of aromatic amines is 1. The summed E-state index contributed by atoms with van der Waals surface area (Å²) in [7, 11) is 0. The molecular weight excluding hydrogens is 386 g/mol. The second kappa shape index (κ2) is 7.77. The number of hydrogen-bond donors (Lipinski definition) is 2. The molecule has 1 aromatic carbocycles. The van der Waals surface area contributed by atoms with Crippen molar-refractivity contribution in [3.63, 3.8) is 0 Å². The van der Waals surface area contributed by atoms with Gasteiger partial charge in [-0.15, -0.1) is 0 Å². The molecule has 0 fully saturated rings. The van der Waals surface area contributed by atoms with E-state index in [1.54, 1.807) is 6.21 Å². The van der Waals surface area contributed by atoms with Gasteiger partial charge in [-0.25, -0.2) is 9.89 Å². The molecule has 134 valence electrons. The quantitative estimate of drug-likeness (QED) is 0.584. The van der Waals surface area contributed by atoms with Crippen LogP contribution >= 0.6 is 15.9 Å². The number of nitrogens with one attached hydrogen (secondary N) is 2. The van der Waals surface area contributed by atoms with Crippen LogP contribution in [0.1, 0.15) is 45.9 Å². The Morgan fingerprint density at radius 1 is 1.36 bits per heavy atom. The number of halogens is 1. The van der Waals surface area contributed by atoms with Crippen LogP contribution in [0.3, 0.4) is 0 Å². The maximum absolute atomic E-state index is 11.4. The highest BCUT2D eigenvalue weighted by atomic mass is 79.9. The van der Waals surface area contributed by atoms with Gasteiger partial charge in [0.25, 0.3) is 0 Å². The van der Waals surface area contributed by atoms with Crippen molar-refractivity contribution < 1.29 is 4.74 Å². The lowest BCUT2D eigenvalue weighted by Gasteiger charge is -2.18. The molecule has 2 N–H and O–H groups in total. The molecule has 0 atom stereocenters. The Morgan fingerprint density at radius 2 is 2.08 bits per heavy atom. The summed E-state index contributed by atoms with van der Waals surface area (Å²) < 4.78 is 6.52. The highest BCUT2D eigenvalue weighted by Gasteiger charge is 2.21. The van der Waals surface area contributed by atoms with Gasteiger partial charge in [0.15, 0.2) is 5.82 Å². The second-order valence-corrected chi connectivity index (χ2v) is 7.67. The van der Waals surface area contributed by atoms with Crippen molar-refractivity contribution in [1.29, 1.82) is 0 Å². The average Bonchev–Trinajstić information content (AvgIpc) is 2.48. The molecule has 2 aromatic rings. The van der Waals surface area contributed by atoms with Crippen LogP contribution in [0.4, 0.5) is 5.82 Å². The summed E-state index contributed by atoms with van der Waals surface area (Å²) in [5.74, 6) is 1.11. The van der Waals surface area contributed by atoms with Crippen LogP contribution < -0.4 is 15.9 Å². The lowest BCUT2D eigenvalue weighted by Crippen LogP contribution is -2.24. The summed E-state index contributed by atoms with van der Waals surface area (Å²) in [6, 6.07) is 5.66. The lowest BCUT2D eigenvalue weighted by molar-refractivity contribution is 0.241. The summed E-state index contributed by atoms with van der Waals surface area (Å²) in [4.78, 5) is 15.3. The van der Waals surface area contributed by atoms with Crippen molar-refractivity contribution in [2.24, 2.45) is 5.10 Å². The number of hydrogen-bond acceptors (Lipinski definition) is 6. The first-order valence-electron chi connectivity index (χ1n) is 7.89. The van der Waals surface area contributed by atoms with E-state index in [2.05, 4.69) is 41.6 Å². The predicted molar refractivity (Wildman–Crippen MR) is 102 cm³/mol. The minimum Gasteiger partial charge on any atom is -0.490 e. The van der Waals surface area contributed by atoms with Crippen molar-refractivity contribution >= 4 is 28.0 Å². The molecule has 0 spiro atoms. The minimum absolute atomic E-state index is 0.100. The van der Waals surface area contributed by atoms with Crippen molar-refractivity contribution in [1.82, 2.24) is 15.2 Å². The fourth-order valence-corrected chi connectivity index (χ4v) is 2.54. The van der Waals surface area contributed by atoms with Gasteiger partial charge in [0.05, 0.1) is 16.8 Å². The Hall–Kier alpha value is -2.22. The van der Waals surface area contributed by atoms with Crippen LogP contribution in [0.5, 0.6) is 5.75 Å². The van der Waals surface area contributed by atoms with Gasteiger partial charge in [-0.2, -0.15) is 15.2 Å². The first kappa shape index (κ1) is 19.1. The minimum atomic E-state index is -0.524. The van der Waals surface area contributed by atoms with Crippen LogP contribution in [0.15, 0.2) is 32.6 Å². The maximum atomic E-state index is 11.4. The van der Waals surface area contributed by atoms with Crippen LogP contribution in [-0.2, 0) is 5.41 Å². The average molecular weight is 408 g/mol. The smallest absolute Gasteiger partial charge is 0.363 e. The Labute approximate surface area is 155 Å². The molecule has 8 heteroatoms. The van der Waals surface area contributed by atoms with E-state index < -0.39 is 5.69 Å². The van der Waals surface area contributed by atoms with Gasteiger partial charge in [0, 0.05) is 5.41 Å². The van der Waals surface area contributed by atoms with E-state index in [1.807, 2.05) is 52.8 Å². The molecule has 0 unspecified atom stereocenters. The zero-order valence-electron chi connectivity index (χ0n) is 14.9. The standard InChI is InChI=1S/C17H22BrN5O2/c1-10(2)25-13-7-6-11(8-12(13)18)9-19-22-15-14(17(3,4)5)21-23-16(24)20-15/h6-10H,1-5H3,(H2,20,22,23,24)/b19-9+. The highest BCUT2D eigenvalue weighted by Crippen LogP contribution is 2.27.